The van der Waals surface area contributed by atoms with Crippen molar-refractivity contribution in [2.24, 2.45) is 5.84 Å². The molecule has 0 fully saturated rings. The van der Waals surface area contributed by atoms with Gasteiger partial charge in [-0.15, -0.1) is 0 Å². The van der Waals surface area contributed by atoms with Crippen LogP contribution < -0.4 is 11.3 Å². The van der Waals surface area contributed by atoms with E-state index >= 15 is 0 Å². The molecule has 0 saturated carbocycles. The van der Waals surface area contributed by atoms with E-state index in [1.165, 1.54) is 12.1 Å². The molecular formula is C9H9BrF4N2. The summed E-state index contributed by atoms with van der Waals surface area (Å²) in [6.45, 7) is 0. The molecule has 90 valence electrons. The van der Waals surface area contributed by atoms with Crippen LogP contribution in [-0.2, 0) is 6.42 Å². The molecule has 1 unspecified atom stereocenters. The Hall–Kier alpha value is -0.660. The number of hydrazine groups is 1. The molecule has 3 N–H and O–H groups in total. The summed E-state index contributed by atoms with van der Waals surface area (Å²) in [6, 6.07) is 1.84. The summed E-state index contributed by atoms with van der Waals surface area (Å²) in [6.07, 6.45) is -4.78. The molecule has 0 aliphatic carbocycles. The number of rotatable bonds is 3. The van der Waals surface area contributed by atoms with Crippen LogP contribution in [0.25, 0.3) is 0 Å². The van der Waals surface area contributed by atoms with Crippen molar-refractivity contribution in [1.82, 2.24) is 5.43 Å². The maximum atomic E-state index is 12.8. The van der Waals surface area contributed by atoms with Crippen molar-refractivity contribution in [2.45, 2.75) is 18.6 Å². The minimum absolute atomic E-state index is 0.128. The van der Waals surface area contributed by atoms with Gasteiger partial charge in [0.15, 0.2) is 0 Å². The summed E-state index contributed by atoms with van der Waals surface area (Å²) in [5.41, 5.74) is 2.03. The Kier molecular flexibility index (Phi) is 4.28. The highest BCUT2D eigenvalue weighted by Crippen LogP contribution is 2.24. The van der Waals surface area contributed by atoms with E-state index < -0.39 is 18.0 Å². The Morgan fingerprint density at radius 3 is 2.44 bits per heavy atom. The lowest BCUT2D eigenvalue weighted by atomic mass is 10.1. The van der Waals surface area contributed by atoms with Crippen LogP contribution in [0.15, 0.2) is 22.7 Å². The molecule has 1 atom stereocenters. The van der Waals surface area contributed by atoms with Crippen molar-refractivity contribution in [3.63, 3.8) is 0 Å². The summed E-state index contributed by atoms with van der Waals surface area (Å²) < 4.78 is 50.0. The average molecular weight is 301 g/mol. The molecule has 0 amide bonds. The van der Waals surface area contributed by atoms with Crippen LogP contribution in [0, 0.1) is 5.82 Å². The first-order chi connectivity index (χ1) is 7.34. The van der Waals surface area contributed by atoms with E-state index in [0.29, 0.717) is 5.56 Å². The summed E-state index contributed by atoms with van der Waals surface area (Å²) in [4.78, 5) is 0. The highest BCUT2D eigenvalue weighted by atomic mass is 79.9. The van der Waals surface area contributed by atoms with Crippen LogP contribution in [0.5, 0.6) is 0 Å². The Labute approximate surface area is 97.9 Å². The van der Waals surface area contributed by atoms with E-state index in [9.17, 15) is 17.6 Å². The number of hydrogen-bond acceptors (Lipinski definition) is 2. The number of halogens is 5. The zero-order valence-corrected chi connectivity index (χ0v) is 9.57. The van der Waals surface area contributed by atoms with Crippen LogP contribution in [0.2, 0.25) is 0 Å². The quantitative estimate of drug-likeness (QED) is 0.511. The molecule has 0 bridgehead atoms. The maximum Gasteiger partial charge on any atom is 0.405 e. The lowest BCUT2D eigenvalue weighted by molar-refractivity contribution is -0.155. The van der Waals surface area contributed by atoms with E-state index in [1.54, 1.807) is 5.43 Å². The molecule has 0 aromatic heterocycles. The van der Waals surface area contributed by atoms with Crippen LogP contribution in [0.3, 0.4) is 0 Å². The zero-order chi connectivity index (χ0) is 12.3. The van der Waals surface area contributed by atoms with Crippen LogP contribution >= 0.6 is 15.9 Å². The molecule has 7 heteroatoms. The standard InChI is InChI=1S/C9H9BrF4N2/c10-6-3-5(1-2-7(6)11)4-8(16-15)9(12,13)14/h1-3,8,16H,4,15H2. The summed E-state index contributed by atoms with van der Waals surface area (Å²) >= 11 is 2.90. The van der Waals surface area contributed by atoms with Gasteiger partial charge in [0.2, 0.25) is 0 Å². The van der Waals surface area contributed by atoms with Gasteiger partial charge in [-0.05, 0) is 40.0 Å². The molecule has 1 aromatic rings. The summed E-state index contributed by atoms with van der Waals surface area (Å²) in [5.74, 6) is 4.30. The molecule has 2 nitrogen and oxygen atoms in total. The third kappa shape index (κ3) is 3.43. The average Bonchev–Trinajstić information content (AvgIpc) is 2.18. The topological polar surface area (TPSA) is 38.0 Å². The predicted molar refractivity (Wildman–Crippen MR) is 55.0 cm³/mol. The minimum Gasteiger partial charge on any atom is -0.271 e. The Balaban J connectivity index is 2.83. The SMILES string of the molecule is NNC(Cc1ccc(F)c(Br)c1)C(F)(F)F. The monoisotopic (exact) mass is 300 g/mol. The first-order valence-electron chi connectivity index (χ1n) is 4.31. The number of hydrogen-bond donors (Lipinski definition) is 2. The molecule has 0 spiro atoms. The molecule has 0 saturated heterocycles. The van der Waals surface area contributed by atoms with E-state index in [4.69, 9.17) is 5.84 Å². The van der Waals surface area contributed by atoms with E-state index in [0.717, 1.165) is 6.07 Å². The highest BCUT2D eigenvalue weighted by Gasteiger charge is 2.38. The van der Waals surface area contributed by atoms with E-state index in [1.807, 2.05) is 0 Å². The summed E-state index contributed by atoms with van der Waals surface area (Å²) in [7, 11) is 0. The first-order valence-corrected chi connectivity index (χ1v) is 5.10. The lowest BCUT2D eigenvalue weighted by Crippen LogP contribution is -2.47. The maximum absolute atomic E-state index is 12.8. The number of nitrogens with two attached hydrogens (primary N) is 1. The highest BCUT2D eigenvalue weighted by molar-refractivity contribution is 9.10. The van der Waals surface area contributed by atoms with Crippen molar-refractivity contribution in [2.75, 3.05) is 0 Å². The van der Waals surface area contributed by atoms with Gasteiger partial charge in [-0.1, -0.05) is 6.07 Å². The van der Waals surface area contributed by atoms with Crippen LogP contribution in [-0.4, -0.2) is 12.2 Å². The second-order valence-electron chi connectivity index (χ2n) is 3.21. The van der Waals surface area contributed by atoms with Crippen molar-refractivity contribution in [1.29, 1.82) is 0 Å². The van der Waals surface area contributed by atoms with Gasteiger partial charge >= 0.3 is 6.18 Å². The predicted octanol–water partition coefficient (Wildman–Crippen LogP) is 2.52. The van der Waals surface area contributed by atoms with Gasteiger partial charge in [-0.25, -0.2) is 9.82 Å². The molecular weight excluding hydrogens is 292 g/mol. The molecule has 1 rings (SSSR count). The largest absolute Gasteiger partial charge is 0.405 e. The van der Waals surface area contributed by atoms with E-state index in [2.05, 4.69) is 15.9 Å². The molecule has 0 aliphatic heterocycles. The Morgan fingerprint density at radius 1 is 1.38 bits per heavy atom. The van der Waals surface area contributed by atoms with Gasteiger partial charge in [0.25, 0.3) is 0 Å². The number of nitrogens with one attached hydrogen (secondary N) is 1. The van der Waals surface area contributed by atoms with Crippen LogP contribution in [0.4, 0.5) is 17.6 Å². The van der Waals surface area contributed by atoms with Gasteiger partial charge in [0.05, 0.1) is 4.47 Å². The molecule has 1 aromatic carbocycles. The van der Waals surface area contributed by atoms with Gasteiger partial charge < -0.3 is 0 Å². The van der Waals surface area contributed by atoms with Crippen molar-refractivity contribution >= 4 is 15.9 Å². The van der Waals surface area contributed by atoms with E-state index in [-0.39, 0.29) is 10.9 Å². The minimum atomic E-state index is -4.43. The van der Waals surface area contributed by atoms with Crippen molar-refractivity contribution in [3.05, 3.63) is 34.1 Å². The third-order valence-electron chi connectivity index (χ3n) is 2.02. The Morgan fingerprint density at radius 2 is 2.00 bits per heavy atom. The fourth-order valence-electron chi connectivity index (χ4n) is 1.17. The zero-order valence-electron chi connectivity index (χ0n) is 7.98. The first kappa shape index (κ1) is 13.4. The van der Waals surface area contributed by atoms with Gasteiger partial charge in [-0.2, -0.15) is 13.2 Å². The second kappa shape index (κ2) is 5.11. The number of benzene rings is 1. The molecule has 0 aliphatic rings. The third-order valence-corrected chi connectivity index (χ3v) is 2.63. The molecule has 0 radical (unpaired) electrons. The fraction of sp³-hybridized carbons (Fsp3) is 0.333. The lowest BCUT2D eigenvalue weighted by Gasteiger charge is -2.19. The molecule has 0 heterocycles. The number of alkyl halides is 3. The van der Waals surface area contributed by atoms with Gasteiger partial charge in [-0.3, -0.25) is 5.84 Å². The van der Waals surface area contributed by atoms with Crippen molar-refractivity contribution < 1.29 is 17.6 Å². The Bertz CT molecular complexity index is 367. The van der Waals surface area contributed by atoms with Crippen LogP contribution in [0.1, 0.15) is 5.56 Å². The molecule has 16 heavy (non-hydrogen) atoms. The summed E-state index contributed by atoms with van der Waals surface area (Å²) in [5, 5.41) is 0. The second-order valence-corrected chi connectivity index (χ2v) is 4.07. The normalized spacial score (nSPS) is 13.9. The smallest absolute Gasteiger partial charge is 0.271 e. The van der Waals surface area contributed by atoms with Gasteiger partial charge in [0, 0.05) is 0 Å². The van der Waals surface area contributed by atoms with Gasteiger partial charge in [0.1, 0.15) is 11.9 Å². The fourth-order valence-corrected chi connectivity index (χ4v) is 1.60. The van der Waals surface area contributed by atoms with Crippen molar-refractivity contribution in [3.8, 4) is 0 Å².